The van der Waals surface area contributed by atoms with E-state index in [4.69, 9.17) is 9.47 Å². The molecule has 5 rings (SSSR count). The molecule has 3 atom stereocenters. The van der Waals surface area contributed by atoms with E-state index in [0.717, 1.165) is 22.5 Å². The first-order valence-electron chi connectivity index (χ1n) is 11.3. The summed E-state index contributed by atoms with van der Waals surface area (Å²) >= 11 is 0. The van der Waals surface area contributed by atoms with Crippen molar-refractivity contribution in [2.75, 3.05) is 26.7 Å². The number of aryl methyl sites for hydroxylation is 1. The van der Waals surface area contributed by atoms with Crippen LogP contribution in [0.3, 0.4) is 0 Å². The predicted octanol–water partition coefficient (Wildman–Crippen LogP) is 2.53. The van der Waals surface area contributed by atoms with Crippen LogP contribution in [0.25, 0.3) is 22.2 Å². The van der Waals surface area contributed by atoms with E-state index in [2.05, 4.69) is 15.3 Å². The monoisotopic (exact) mass is 453 g/mol. The van der Waals surface area contributed by atoms with Crippen LogP contribution >= 0.6 is 0 Å². The van der Waals surface area contributed by atoms with E-state index in [0.29, 0.717) is 44.1 Å². The molecule has 0 spiro atoms. The average Bonchev–Trinajstić information content (AvgIpc) is 3.36. The number of benzene rings is 1. The van der Waals surface area contributed by atoms with Gasteiger partial charge in [0.25, 0.3) is 0 Å². The zero-order chi connectivity index (χ0) is 23.1. The standard InChI is InChI=1S/C24H28FN5O3/c1-4-32-18-12-29(3)24(31)21-10-17(11-27-21)33-22-7-15(5-6-26-22)19-8-16(25)9-20-23(19)30(13-18)14(2)28-20/h5-9,17-18,21,27H,4,10-13H2,1-3H3/t17?,18-,21-/m0/s1. The van der Waals surface area contributed by atoms with Gasteiger partial charge in [0, 0.05) is 57.1 Å². The van der Waals surface area contributed by atoms with Gasteiger partial charge in [0.2, 0.25) is 11.8 Å². The summed E-state index contributed by atoms with van der Waals surface area (Å²) in [6.07, 6.45) is 1.80. The van der Waals surface area contributed by atoms with Crippen LogP contribution in [0.1, 0.15) is 19.2 Å². The molecule has 2 aliphatic heterocycles. The number of likely N-dealkylation sites (N-methyl/N-ethyl adjacent to an activating group) is 1. The van der Waals surface area contributed by atoms with Crippen molar-refractivity contribution in [1.29, 1.82) is 0 Å². The first-order valence-corrected chi connectivity index (χ1v) is 11.3. The topological polar surface area (TPSA) is 81.5 Å². The lowest BCUT2D eigenvalue weighted by atomic mass is 10.0. The lowest BCUT2D eigenvalue weighted by molar-refractivity contribution is -0.133. The zero-order valence-electron chi connectivity index (χ0n) is 19.0. The Balaban J connectivity index is 1.67. The van der Waals surface area contributed by atoms with Gasteiger partial charge in [-0.25, -0.2) is 14.4 Å². The lowest BCUT2D eigenvalue weighted by Gasteiger charge is -2.27. The molecule has 8 nitrogen and oxygen atoms in total. The number of carbonyl (C=O) groups is 1. The van der Waals surface area contributed by atoms with Gasteiger partial charge in [0.15, 0.2) is 0 Å². The Morgan fingerprint density at radius 3 is 2.97 bits per heavy atom. The van der Waals surface area contributed by atoms with Crippen LogP contribution in [0.4, 0.5) is 4.39 Å². The number of amides is 1. The fourth-order valence-corrected chi connectivity index (χ4v) is 4.85. The van der Waals surface area contributed by atoms with Crippen molar-refractivity contribution >= 4 is 16.9 Å². The summed E-state index contributed by atoms with van der Waals surface area (Å²) < 4.78 is 28.8. The van der Waals surface area contributed by atoms with Crippen molar-refractivity contribution < 1.29 is 18.7 Å². The first kappa shape index (κ1) is 21.8. The smallest absolute Gasteiger partial charge is 0.239 e. The van der Waals surface area contributed by atoms with Crippen LogP contribution in [-0.2, 0) is 16.1 Å². The molecule has 4 heterocycles. The molecule has 1 amide bonds. The van der Waals surface area contributed by atoms with Gasteiger partial charge in [-0.15, -0.1) is 0 Å². The highest BCUT2D eigenvalue weighted by Gasteiger charge is 2.34. The number of hydrogen-bond donors (Lipinski definition) is 1. The quantitative estimate of drug-likeness (QED) is 0.642. The number of fused-ring (bicyclic) bond motifs is 5. The Bertz CT molecular complexity index is 1200. The van der Waals surface area contributed by atoms with Crippen LogP contribution in [-0.4, -0.2) is 70.3 Å². The number of rotatable bonds is 2. The molecule has 2 aromatic heterocycles. The second kappa shape index (κ2) is 8.72. The molecule has 1 N–H and O–H groups in total. The Labute approximate surface area is 191 Å². The average molecular weight is 454 g/mol. The summed E-state index contributed by atoms with van der Waals surface area (Å²) in [5.74, 6) is 0.861. The van der Waals surface area contributed by atoms with Crippen LogP contribution < -0.4 is 10.1 Å². The van der Waals surface area contributed by atoms with Gasteiger partial charge in [0.05, 0.1) is 29.7 Å². The lowest BCUT2D eigenvalue weighted by Crippen LogP contribution is -2.45. The third-order valence-corrected chi connectivity index (χ3v) is 6.36. The van der Waals surface area contributed by atoms with Crippen molar-refractivity contribution in [3.05, 3.63) is 42.1 Å². The van der Waals surface area contributed by atoms with Gasteiger partial charge in [0.1, 0.15) is 17.7 Å². The molecule has 0 radical (unpaired) electrons. The molecule has 0 aliphatic carbocycles. The fourth-order valence-electron chi connectivity index (χ4n) is 4.85. The van der Waals surface area contributed by atoms with Crippen molar-refractivity contribution in [1.82, 2.24) is 24.8 Å². The normalized spacial score (nSPS) is 23.3. The Morgan fingerprint density at radius 2 is 2.15 bits per heavy atom. The van der Waals surface area contributed by atoms with Crippen LogP contribution in [0.5, 0.6) is 5.88 Å². The SMILES string of the molecule is CCO[C@H]1CN(C)C(=O)[C@@H]2CC(CN2)Oc2cc(ccn2)-c2cc(F)cc3nc(C)n(c23)C1. The minimum Gasteiger partial charge on any atom is -0.473 e. The Hall–Kier alpha value is -3.04. The molecular weight excluding hydrogens is 425 g/mol. The number of nitrogens with one attached hydrogen (secondary N) is 1. The molecule has 2 aliphatic rings. The number of hydrogen-bond acceptors (Lipinski definition) is 6. The number of halogens is 1. The van der Waals surface area contributed by atoms with Gasteiger partial charge in [-0.2, -0.15) is 0 Å². The van der Waals surface area contributed by atoms with Crippen LogP contribution in [0.2, 0.25) is 0 Å². The third-order valence-electron chi connectivity index (χ3n) is 6.36. The van der Waals surface area contributed by atoms with Crippen molar-refractivity contribution in [3.8, 4) is 17.0 Å². The molecule has 4 bridgehead atoms. The van der Waals surface area contributed by atoms with Gasteiger partial charge >= 0.3 is 0 Å². The van der Waals surface area contributed by atoms with Crippen LogP contribution in [0, 0.1) is 12.7 Å². The maximum Gasteiger partial charge on any atom is 0.239 e. The van der Waals surface area contributed by atoms with Gasteiger partial charge in [-0.3, -0.25) is 4.79 Å². The molecule has 33 heavy (non-hydrogen) atoms. The molecule has 9 heteroatoms. The highest BCUT2D eigenvalue weighted by molar-refractivity contribution is 5.93. The van der Waals surface area contributed by atoms with E-state index >= 15 is 0 Å². The largest absolute Gasteiger partial charge is 0.473 e. The maximum atomic E-state index is 14.6. The number of ether oxygens (including phenoxy) is 2. The van der Waals surface area contributed by atoms with E-state index in [1.807, 2.05) is 30.5 Å². The molecule has 3 aromatic rings. The second-order valence-electron chi connectivity index (χ2n) is 8.71. The van der Waals surface area contributed by atoms with E-state index in [9.17, 15) is 9.18 Å². The number of nitrogens with zero attached hydrogens (tertiary/aromatic N) is 4. The van der Waals surface area contributed by atoms with Crippen LogP contribution in [0.15, 0.2) is 30.5 Å². The molecule has 0 saturated carbocycles. The van der Waals surface area contributed by atoms with Gasteiger partial charge < -0.3 is 24.3 Å². The molecule has 1 unspecified atom stereocenters. The third kappa shape index (κ3) is 4.18. The molecule has 1 saturated heterocycles. The summed E-state index contributed by atoms with van der Waals surface area (Å²) in [6, 6.07) is 6.32. The molecule has 1 fully saturated rings. The number of imidazole rings is 1. The van der Waals surface area contributed by atoms with Crippen molar-refractivity contribution in [3.63, 3.8) is 0 Å². The van der Waals surface area contributed by atoms with E-state index in [-0.39, 0.29) is 30.0 Å². The Kier molecular flexibility index (Phi) is 5.76. The molecule has 174 valence electrons. The first-order chi connectivity index (χ1) is 15.9. The summed E-state index contributed by atoms with van der Waals surface area (Å²) in [4.78, 5) is 23.8. The van der Waals surface area contributed by atoms with E-state index in [1.54, 1.807) is 18.1 Å². The summed E-state index contributed by atoms with van der Waals surface area (Å²) in [5, 5.41) is 3.27. The second-order valence-corrected chi connectivity index (χ2v) is 8.71. The van der Waals surface area contributed by atoms with E-state index in [1.165, 1.54) is 12.1 Å². The van der Waals surface area contributed by atoms with Crippen molar-refractivity contribution in [2.45, 2.75) is 45.1 Å². The fraction of sp³-hybridized carbons (Fsp3) is 0.458. The van der Waals surface area contributed by atoms with Gasteiger partial charge in [-0.05, 0) is 31.5 Å². The summed E-state index contributed by atoms with van der Waals surface area (Å²) in [7, 11) is 1.80. The summed E-state index contributed by atoms with van der Waals surface area (Å²) in [5.41, 5.74) is 2.91. The highest BCUT2D eigenvalue weighted by atomic mass is 19.1. The maximum absolute atomic E-state index is 14.6. The number of pyridine rings is 1. The Morgan fingerprint density at radius 1 is 1.30 bits per heavy atom. The summed E-state index contributed by atoms with van der Waals surface area (Å²) in [6.45, 7) is 5.84. The zero-order valence-corrected chi connectivity index (χ0v) is 19.0. The molecule has 1 aromatic carbocycles. The predicted molar refractivity (Wildman–Crippen MR) is 122 cm³/mol. The number of carbonyl (C=O) groups excluding carboxylic acids is 1. The highest BCUT2D eigenvalue weighted by Crippen LogP contribution is 2.33. The number of aromatic nitrogens is 3. The van der Waals surface area contributed by atoms with Crippen molar-refractivity contribution in [2.24, 2.45) is 0 Å². The van der Waals surface area contributed by atoms with Gasteiger partial charge in [-0.1, -0.05) is 0 Å². The van der Waals surface area contributed by atoms with E-state index < -0.39 is 0 Å². The minimum atomic E-state index is -0.353. The minimum absolute atomic E-state index is 0.0114. The molecular formula is C24H28FN5O3.